The summed E-state index contributed by atoms with van der Waals surface area (Å²) in [7, 11) is 0. The summed E-state index contributed by atoms with van der Waals surface area (Å²) in [4.78, 5) is 0. The van der Waals surface area contributed by atoms with Gasteiger partial charge < -0.3 is 18.9 Å². The fraction of sp³-hybridized carbons (Fsp3) is 0.235. The maximum Gasteiger partial charge on any atom is 0.119 e. The lowest BCUT2D eigenvalue weighted by molar-refractivity contribution is 0.340. The van der Waals surface area contributed by atoms with Crippen molar-refractivity contribution in [2.45, 2.75) is 27.7 Å². The molecule has 0 amide bonds. The third-order valence-electron chi connectivity index (χ3n) is 6.07. The van der Waals surface area contributed by atoms with Gasteiger partial charge in [0, 0.05) is 0 Å². The molecule has 0 heterocycles. The lowest BCUT2D eigenvalue weighted by Gasteiger charge is -2.19. The molecule has 0 saturated carbocycles. The second kappa shape index (κ2) is 13.4. The van der Waals surface area contributed by atoms with Crippen molar-refractivity contribution in [3.8, 4) is 23.0 Å². The molecule has 4 nitrogen and oxygen atoms in total. The van der Waals surface area contributed by atoms with E-state index in [1.165, 1.54) is 0 Å². The monoisotopic (exact) mass is 508 g/mol. The van der Waals surface area contributed by atoms with E-state index in [2.05, 4.69) is 48.5 Å². The van der Waals surface area contributed by atoms with Crippen LogP contribution in [0.1, 0.15) is 49.9 Å². The smallest absolute Gasteiger partial charge is 0.119 e. The first-order valence-electron chi connectivity index (χ1n) is 13.3. The Kier molecular flexibility index (Phi) is 9.47. The van der Waals surface area contributed by atoms with Gasteiger partial charge in [0.15, 0.2) is 0 Å². The van der Waals surface area contributed by atoms with Crippen LogP contribution < -0.4 is 18.9 Å². The zero-order valence-electron chi connectivity index (χ0n) is 22.7. The van der Waals surface area contributed by atoms with Gasteiger partial charge in [0.1, 0.15) is 23.0 Å². The summed E-state index contributed by atoms with van der Waals surface area (Å²) in [6.45, 7) is 10.5. The standard InChI is InChI=1S/C34H36O4/c1-5-35-29-17-9-25(10-18-29)33(26-11-19-30(20-12-26)36-6-2)34(27-13-21-31(22-14-27)37-7-3)28-15-23-32(24-16-28)38-8-4/h9-24H,5-8H2,1-4H3. The van der Waals surface area contributed by atoms with Gasteiger partial charge in [0.25, 0.3) is 0 Å². The molecule has 196 valence electrons. The maximum atomic E-state index is 5.73. The molecular weight excluding hydrogens is 472 g/mol. The molecule has 0 atom stereocenters. The van der Waals surface area contributed by atoms with E-state index in [1.807, 2.05) is 76.2 Å². The molecule has 0 spiro atoms. The Morgan fingerprint density at radius 3 is 0.684 bits per heavy atom. The van der Waals surface area contributed by atoms with E-state index < -0.39 is 0 Å². The van der Waals surface area contributed by atoms with E-state index in [1.54, 1.807) is 0 Å². The van der Waals surface area contributed by atoms with Crippen LogP contribution in [0.5, 0.6) is 23.0 Å². The van der Waals surface area contributed by atoms with Crippen LogP contribution in [0.3, 0.4) is 0 Å². The number of hydrogen-bond acceptors (Lipinski definition) is 4. The number of ether oxygens (including phenoxy) is 4. The van der Waals surface area contributed by atoms with Gasteiger partial charge in [0.05, 0.1) is 26.4 Å². The summed E-state index contributed by atoms with van der Waals surface area (Å²) in [6, 6.07) is 33.2. The zero-order chi connectivity index (χ0) is 26.7. The third-order valence-corrected chi connectivity index (χ3v) is 6.07. The number of benzene rings is 4. The van der Waals surface area contributed by atoms with Crippen LogP contribution in [0.15, 0.2) is 97.1 Å². The summed E-state index contributed by atoms with van der Waals surface area (Å²) in [5.74, 6) is 3.41. The Labute approximate surface area is 226 Å². The quantitative estimate of drug-likeness (QED) is 0.180. The summed E-state index contributed by atoms with van der Waals surface area (Å²) in [6.07, 6.45) is 0. The van der Waals surface area contributed by atoms with E-state index in [9.17, 15) is 0 Å². The molecule has 0 aromatic heterocycles. The van der Waals surface area contributed by atoms with Crippen LogP contribution >= 0.6 is 0 Å². The fourth-order valence-electron chi connectivity index (χ4n) is 4.45. The first kappa shape index (κ1) is 26.9. The number of hydrogen-bond donors (Lipinski definition) is 0. The highest BCUT2D eigenvalue weighted by molar-refractivity contribution is 6.04. The highest BCUT2D eigenvalue weighted by Gasteiger charge is 2.17. The average molecular weight is 509 g/mol. The minimum absolute atomic E-state index is 0.630. The summed E-state index contributed by atoms with van der Waals surface area (Å²) >= 11 is 0. The SMILES string of the molecule is CCOc1ccc(C(=C(c2ccc(OCC)cc2)c2ccc(OCC)cc2)c2ccc(OCC)cc2)cc1. The van der Waals surface area contributed by atoms with Gasteiger partial charge >= 0.3 is 0 Å². The van der Waals surface area contributed by atoms with Gasteiger partial charge in [0.2, 0.25) is 0 Å². The average Bonchev–Trinajstić information content (AvgIpc) is 2.95. The second-order valence-corrected chi connectivity index (χ2v) is 8.58. The van der Waals surface area contributed by atoms with Crippen molar-refractivity contribution >= 4 is 11.1 Å². The van der Waals surface area contributed by atoms with Gasteiger partial charge in [-0.3, -0.25) is 0 Å². The fourth-order valence-corrected chi connectivity index (χ4v) is 4.45. The first-order chi connectivity index (χ1) is 18.7. The Hall–Kier alpha value is -4.18. The van der Waals surface area contributed by atoms with E-state index in [0.29, 0.717) is 26.4 Å². The molecule has 0 bridgehead atoms. The lowest BCUT2D eigenvalue weighted by atomic mass is 9.85. The molecule has 0 aliphatic heterocycles. The van der Waals surface area contributed by atoms with Crippen molar-refractivity contribution in [3.05, 3.63) is 119 Å². The van der Waals surface area contributed by atoms with Crippen molar-refractivity contribution in [3.63, 3.8) is 0 Å². The van der Waals surface area contributed by atoms with Gasteiger partial charge in [-0.25, -0.2) is 0 Å². The Morgan fingerprint density at radius 1 is 0.342 bits per heavy atom. The zero-order valence-corrected chi connectivity index (χ0v) is 22.7. The predicted molar refractivity (Wildman–Crippen MR) is 155 cm³/mol. The van der Waals surface area contributed by atoms with Crippen LogP contribution in [0, 0.1) is 0 Å². The number of rotatable bonds is 12. The first-order valence-corrected chi connectivity index (χ1v) is 13.3. The molecule has 4 aromatic rings. The van der Waals surface area contributed by atoms with Gasteiger partial charge in [-0.05, 0) is 110 Å². The second-order valence-electron chi connectivity index (χ2n) is 8.58. The van der Waals surface area contributed by atoms with E-state index in [4.69, 9.17) is 18.9 Å². The molecule has 4 heteroatoms. The minimum atomic E-state index is 0.630. The molecule has 0 saturated heterocycles. The molecule has 0 aliphatic rings. The van der Waals surface area contributed by atoms with Crippen LogP contribution in [0.25, 0.3) is 11.1 Å². The summed E-state index contributed by atoms with van der Waals surface area (Å²) in [5, 5.41) is 0. The maximum absolute atomic E-state index is 5.73. The molecule has 4 aromatic carbocycles. The summed E-state index contributed by atoms with van der Waals surface area (Å²) < 4.78 is 22.9. The highest BCUT2D eigenvalue weighted by Crippen LogP contribution is 2.39. The van der Waals surface area contributed by atoms with Gasteiger partial charge in [-0.1, -0.05) is 48.5 Å². The van der Waals surface area contributed by atoms with Crippen LogP contribution in [0.2, 0.25) is 0 Å². The molecule has 0 fully saturated rings. The molecular formula is C34H36O4. The van der Waals surface area contributed by atoms with Crippen molar-refractivity contribution in [2.24, 2.45) is 0 Å². The summed E-state index contributed by atoms with van der Waals surface area (Å²) in [5.41, 5.74) is 6.60. The molecule has 4 rings (SSSR count). The van der Waals surface area contributed by atoms with Gasteiger partial charge in [-0.15, -0.1) is 0 Å². The van der Waals surface area contributed by atoms with Crippen LogP contribution in [0.4, 0.5) is 0 Å². The highest BCUT2D eigenvalue weighted by atomic mass is 16.5. The van der Waals surface area contributed by atoms with E-state index in [-0.39, 0.29) is 0 Å². The van der Waals surface area contributed by atoms with E-state index >= 15 is 0 Å². The normalized spacial score (nSPS) is 10.5. The molecule has 0 radical (unpaired) electrons. The lowest BCUT2D eigenvalue weighted by Crippen LogP contribution is -2.00. The van der Waals surface area contributed by atoms with Crippen molar-refractivity contribution in [1.29, 1.82) is 0 Å². The van der Waals surface area contributed by atoms with Crippen molar-refractivity contribution in [2.75, 3.05) is 26.4 Å². The predicted octanol–water partition coefficient (Wildman–Crippen LogP) is 8.29. The third kappa shape index (κ3) is 6.57. The van der Waals surface area contributed by atoms with E-state index in [0.717, 1.165) is 56.4 Å². The van der Waals surface area contributed by atoms with Crippen molar-refractivity contribution < 1.29 is 18.9 Å². The Balaban J connectivity index is 1.96. The van der Waals surface area contributed by atoms with Crippen molar-refractivity contribution in [1.82, 2.24) is 0 Å². The molecule has 0 aliphatic carbocycles. The molecule has 0 unspecified atom stereocenters. The molecule has 0 N–H and O–H groups in total. The molecule has 38 heavy (non-hydrogen) atoms. The minimum Gasteiger partial charge on any atom is -0.494 e. The van der Waals surface area contributed by atoms with Crippen LogP contribution in [-0.4, -0.2) is 26.4 Å². The van der Waals surface area contributed by atoms with Gasteiger partial charge in [-0.2, -0.15) is 0 Å². The Bertz CT molecular complexity index is 1100. The Morgan fingerprint density at radius 2 is 0.526 bits per heavy atom. The van der Waals surface area contributed by atoms with Crippen LogP contribution in [-0.2, 0) is 0 Å². The largest absolute Gasteiger partial charge is 0.494 e. The topological polar surface area (TPSA) is 36.9 Å².